The van der Waals surface area contributed by atoms with Crippen LogP contribution >= 0.6 is 0 Å². The van der Waals surface area contributed by atoms with E-state index in [1.807, 2.05) is 6.92 Å². The number of nitro groups is 1. The molecule has 8 heteroatoms. The van der Waals surface area contributed by atoms with E-state index < -0.39 is 14.8 Å². The summed E-state index contributed by atoms with van der Waals surface area (Å²) in [5.41, 5.74) is 0.449. The summed E-state index contributed by atoms with van der Waals surface area (Å²) in [6.45, 7) is 2.34. The molecule has 132 valence electrons. The van der Waals surface area contributed by atoms with E-state index in [2.05, 4.69) is 0 Å². The van der Waals surface area contributed by atoms with E-state index in [1.165, 1.54) is 25.3 Å². The molecule has 25 heavy (non-hydrogen) atoms. The average Bonchev–Trinajstić information content (AvgIpc) is 2.61. The lowest BCUT2D eigenvalue weighted by molar-refractivity contribution is -0.384. The Labute approximate surface area is 145 Å². The molecule has 0 aromatic heterocycles. The van der Waals surface area contributed by atoms with Gasteiger partial charge in [-0.05, 0) is 42.8 Å². The maximum atomic E-state index is 12.3. The SMILES string of the molecule is CCOc1ccc(/C=C/S(=O)(=O)c2ccc([N+](=O)[O-])cc2)cc1OC. The zero-order valence-electron chi connectivity index (χ0n) is 13.7. The monoisotopic (exact) mass is 363 g/mol. The predicted molar refractivity (Wildman–Crippen MR) is 93.5 cm³/mol. The first kappa shape index (κ1) is 18.5. The lowest BCUT2D eigenvalue weighted by atomic mass is 10.2. The van der Waals surface area contributed by atoms with Gasteiger partial charge < -0.3 is 9.47 Å². The van der Waals surface area contributed by atoms with Gasteiger partial charge in [0.1, 0.15) is 0 Å². The largest absolute Gasteiger partial charge is 0.493 e. The highest BCUT2D eigenvalue weighted by molar-refractivity contribution is 7.94. The van der Waals surface area contributed by atoms with Crippen LogP contribution < -0.4 is 9.47 Å². The van der Waals surface area contributed by atoms with Gasteiger partial charge in [-0.2, -0.15) is 0 Å². The Morgan fingerprint density at radius 1 is 1.12 bits per heavy atom. The van der Waals surface area contributed by atoms with Crippen LogP contribution in [0, 0.1) is 10.1 Å². The van der Waals surface area contributed by atoms with Crippen LogP contribution in [0.25, 0.3) is 6.08 Å². The van der Waals surface area contributed by atoms with Crippen LogP contribution in [0.1, 0.15) is 12.5 Å². The van der Waals surface area contributed by atoms with E-state index in [9.17, 15) is 18.5 Å². The van der Waals surface area contributed by atoms with Crippen molar-refractivity contribution in [1.29, 1.82) is 0 Å². The van der Waals surface area contributed by atoms with E-state index >= 15 is 0 Å². The zero-order valence-corrected chi connectivity index (χ0v) is 14.5. The van der Waals surface area contributed by atoms with Gasteiger partial charge in [-0.3, -0.25) is 10.1 Å². The molecule has 0 atom stereocenters. The second-order valence-electron chi connectivity index (χ2n) is 4.94. The van der Waals surface area contributed by atoms with Crippen molar-refractivity contribution in [3.05, 3.63) is 63.6 Å². The summed E-state index contributed by atoms with van der Waals surface area (Å²) >= 11 is 0. The van der Waals surface area contributed by atoms with E-state index in [4.69, 9.17) is 9.47 Å². The quantitative estimate of drug-likeness (QED) is 0.552. The van der Waals surface area contributed by atoms with Gasteiger partial charge in [0.25, 0.3) is 5.69 Å². The minimum atomic E-state index is -3.72. The number of ether oxygens (including phenoxy) is 2. The van der Waals surface area contributed by atoms with Crippen molar-refractivity contribution in [2.75, 3.05) is 13.7 Å². The Kier molecular flexibility index (Phi) is 5.76. The topological polar surface area (TPSA) is 95.7 Å². The number of nitro benzene ring substituents is 1. The van der Waals surface area contributed by atoms with Crippen LogP contribution in [0.4, 0.5) is 5.69 Å². The fraction of sp³-hybridized carbons (Fsp3) is 0.176. The maximum absolute atomic E-state index is 12.3. The smallest absolute Gasteiger partial charge is 0.269 e. The predicted octanol–water partition coefficient (Wildman–Crippen LogP) is 3.45. The number of sulfone groups is 1. The number of hydrogen-bond acceptors (Lipinski definition) is 6. The molecule has 2 rings (SSSR count). The number of rotatable bonds is 7. The zero-order chi connectivity index (χ0) is 18.4. The van der Waals surface area contributed by atoms with Crippen molar-refractivity contribution in [1.82, 2.24) is 0 Å². The van der Waals surface area contributed by atoms with Crippen molar-refractivity contribution in [2.24, 2.45) is 0 Å². The second kappa shape index (κ2) is 7.80. The molecule has 0 spiro atoms. The fourth-order valence-corrected chi connectivity index (χ4v) is 3.08. The summed E-state index contributed by atoms with van der Waals surface area (Å²) in [5.74, 6) is 1.07. The summed E-state index contributed by atoms with van der Waals surface area (Å²) in [6.07, 6.45) is 1.43. The Balaban J connectivity index is 2.26. The third-order valence-corrected chi connectivity index (χ3v) is 4.73. The molecule has 0 saturated heterocycles. The van der Waals surface area contributed by atoms with Crippen LogP contribution in [0.15, 0.2) is 52.8 Å². The van der Waals surface area contributed by atoms with E-state index in [1.54, 1.807) is 18.2 Å². The van der Waals surface area contributed by atoms with Crippen molar-refractivity contribution >= 4 is 21.6 Å². The number of benzene rings is 2. The Hall–Kier alpha value is -2.87. The Bertz CT molecular complexity index is 888. The summed E-state index contributed by atoms with van der Waals surface area (Å²) in [5, 5.41) is 11.7. The molecule has 0 saturated carbocycles. The van der Waals surface area contributed by atoms with Gasteiger partial charge in [0.05, 0.1) is 23.5 Å². The van der Waals surface area contributed by atoms with E-state index in [-0.39, 0.29) is 10.6 Å². The van der Waals surface area contributed by atoms with Crippen LogP contribution in [0.5, 0.6) is 11.5 Å². The normalized spacial score (nSPS) is 11.4. The lowest BCUT2D eigenvalue weighted by Crippen LogP contribution is -1.97. The van der Waals surface area contributed by atoms with Crippen molar-refractivity contribution in [3.63, 3.8) is 0 Å². The summed E-state index contributed by atoms with van der Waals surface area (Å²) in [4.78, 5) is 10.0. The highest BCUT2D eigenvalue weighted by atomic mass is 32.2. The first-order valence-corrected chi connectivity index (χ1v) is 8.90. The molecular weight excluding hydrogens is 346 g/mol. The third kappa shape index (κ3) is 4.57. The summed E-state index contributed by atoms with van der Waals surface area (Å²) in [7, 11) is -2.22. The minimum absolute atomic E-state index is 0.0211. The van der Waals surface area contributed by atoms with Crippen molar-refractivity contribution in [2.45, 2.75) is 11.8 Å². The van der Waals surface area contributed by atoms with Crippen LogP contribution in [0.3, 0.4) is 0 Å². The molecular formula is C17H17NO6S. The average molecular weight is 363 g/mol. The van der Waals surface area contributed by atoms with Gasteiger partial charge in [-0.15, -0.1) is 0 Å². The first-order chi connectivity index (χ1) is 11.9. The van der Waals surface area contributed by atoms with Gasteiger partial charge in [0.15, 0.2) is 21.3 Å². The Morgan fingerprint density at radius 3 is 2.36 bits per heavy atom. The molecule has 0 bridgehead atoms. The fourth-order valence-electron chi connectivity index (χ4n) is 2.07. The second-order valence-corrected chi connectivity index (χ2v) is 6.78. The molecule has 0 amide bonds. The van der Waals surface area contributed by atoms with Gasteiger partial charge in [0.2, 0.25) is 0 Å². The van der Waals surface area contributed by atoms with Crippen LogP contribution in [0.2, 0.25) is 0 Å². The standard InChI is InChI=1S/C17H17NO6S/c1-3-24-16-9-4-13(12-17(16)23-2)10-11-25(21,22)15-7-5-14(6-8-15)18(19)20/h4-12H,3H2,1-2H3/b11-10+. The Morgan fingerprint density at radius 2 is 1.80 bits per heavy atom. The highest BCUT2D eigenvalue weighted by Gasteiger charge is 2.13. The molecule has 0 N–H and O–H groups in total. The van der Waals surface area contributed by atoms with Gasteiger partial charge in [-0.1, -0.05) is 6.07 Å². The number of nitrogens with zero attached hydrogens (tertiary/aromatic N) is 1. The van der Waals surface area contributed by atoms with Gasteiger partial charge >= 0.3 is 0 Å². The third-order valence-electron chi connectivity index (χ3n) is 3.30. The van der Waals surface area contributed by atoms with Crippen LogP contribution in [-0.2, 0) is 9.84 Å². The highest BCUT2D eigenvalue weighted by Crippen LogP contribution is 2.29. The summed E-state index contributed by atoms with van der Waals surface area (Å²) in [6, 6.07) is 9.77. The van der Waals surface area contributed by atoms with Gasteiger partial charge in [-0.25, -0.2) is 8.42 Å². The number of hydrogen-bond donors (Lipinski definition) is 0. The molecule has 0 radical (unpaired) electrons. The molecule has 7 nitrogen and oxygen atoms in total. The number of non-ortho nitro benzene ring substituents is 1. The number of methoxy groups -OCH3 is 1. The minimum Gasteiger partial charge on any atom is -0.493 e. The molecule has 0 fully saturated rings. The van der Waals surface area contributed by atoms with Crippen molar-refractivity contribution < 1.29 is 22.8 Å². The summed E-state index contributed by atoms with van der Waals surface area (Å²) < 4.78 is 35.2. The molecule has 0 heterocycles. The molecule has 0 aliphatic heterocycles. The lowest BCUT2D eigenvalue weighted by Gasteiger charge is -2.09. The first-order valence-electron chi connectivity index (χ1n) is 7.36. The molecule has 0 aliphatic carbocycles. The van der Waals surface area contributed by atoms with Gasteiger partial charge in [0, 0.05) is 17.5 Å². The molecule has 0 aliphatic rings. The van der Waals surface area contributed by atoms with Crippen LogP contribution in [-0.4, -0.2) is 27.1 Å². The van der Waals surface area contributed by atoms with Crippen molar-refractivity contribution in [3.8, 4) is 11.5 Å². The molecule has 2 aromatic rings. The molecule has 0 unspecified atom stereocenters. The molecule has 2 aromatic carbocycles. The van der Waals surface area contributed by atoms with E-state index in [0.717, 1.165) is 17.5 Å². The maximum Gasteiger partial charge on any atom is 0.269 e. The van der Waals surface area contributed by atoms with E-state index in [0.29, 0.717) is 23.7 Å².